The average Bonchev–Trinajstić information content (AvgIpc) is 2.46. The second-order valence-corrected chi connectivity index (χ2v) is 5.87. The first kappa shape index (κ1) is 15.1. The smallest absolute Gasteiger partial charge is 0.122 e. The van der Waals surface area contributed by atoms with Crippen molar-refractivity contribution in [2.75, 3.05) is 7.05 Å². The summed E-state index contributed by atoms with van der Waals surface area (Å²) >= 11 is 3.43. The molecular weight excluding hydrogens is 314 g/mol. The molecule has 0 spiro atoms. The van der Waals surface area contributed by atoms with Crippen LogP contribution in [0.15, 0.2) is 46.9 Å². The van der Waals surface area contributed by atoms with Gasteiger partial charge in [0.2, 0.25) is 0 Å². The van der Waals surface area contributed by atoms with Crippen molar-refractivity contribution in [1.29, 1.82) is 0 Å². The average molecular weight is 334 g/mol. The molecule has 0 saturated heterocycles. The molecule has 0 saturated carbocycles. The first-order chi connectivity index (χ1) is 9.60. The molecular formula is C17H20BrNO. The Labute approximate surface area is 129 Å². The molecule has 0 radical (unpaired) electrons. The lowest BCUT2D eigenvalue weighted by Gasteiger charge is -2.14. The molecule has 0 aromatic heterocycles. The molecule has 20 heavy (non-hydrogen) atoms. The van der Waals surface area contributed by atoms with Crippen molar-refractivity contribution in [1.82, 2.24) is 5.32 Å². The summed E-state index contributed by atoms with van der Waals surface area (Å²) in [5.41, 5.74) is 3.61. The van der Waals surface area contributed by atoms with Gasteiger partial charge in [-0.2, -0.15) is 0 Å². The number of nitrogens with one attached hydrogen (secondary N) is 1. The van der Waals surface area contributed by atoms with Gasteiger partial charge in [0.25, 0.3) is 0 Å². The van der Waals surface area contributed by atoms with Crippen LogP contribution in [0.3, 0.4) is 0 Å². The number of halogens is 1. The quantitative estimate of drug-likeness (QED) is 0.862. The Kier molecular flexibility index (Phi) is 5.21. The molecule has 2 rings (SSSR count). The highest BCUT2D eigenvalue weighted by Gasteiger charge is 2.06. The summed E-state index contributed by atoms with van der Waals surface area (Å²) in [7, 11) is 1.97. The van der Waals surface area contributed by atoms with Gasteiger partial charge in [-0.15, -0.1) is 0 Å². The minimum Gasteiger partial charge on any atom is -0.489 e. The molecule has 0 fully saturated rings. The van der Waals surface area contributed by atoms with Crippen molar-refractivity contribution in [2.24, 2.45) is 0 Å². The molecule has 1 N–H and O–H groups in total. The lowest BCUT2D eigenvalue weighted by Crippen LogP contribution is -2.12. The Bertz CT molecular complexity index is 566. The molecule has 2 aromatic carbocycles. The normalized spacial score (nSPS) is 12.2. The van der Waals surface area contributed by atoms with Crippen molar-refractivity contribution >= 4 is 15.9 Å². The van der Waals surface area contributed by atoms with Crippen molar-refractivity contribution in [3.05, 3.63) is 63.6 Å². The molecule has 3 heteroatoms. The summed E-state index contributed by atoms with van der Waals surface area (Å²) in [5, 5.41) is 3.25. The van der Waals surface area contributed by atoms with Crippen LogP contribution >= 0.6 is 15.9 Å². The number of hydrogen-bond donors (Lipinski definition) is 1. The van der Waals surface area contributed by atoms with Crippen molar-refractivity contribution in [2.45, 2.75) is 26.5 Å². The van der Waals surface area contributed by atoms with E-state index < -0.39 is 0 Å². The maximum atomic E-state index is 5.90. The molecule has 106 valence electrons. The van der Waals surface area contributed by atoms with Gasteiger partial charge < -0.3 is 10.1 Å². The molecule has 0 aliphatic carbocycles. The predicted molar refractivity (Wildman–Crippen MR) is 87.1 cm³/mol. The zero-order valence-electron chi connectivity index (χ0n) is 12.1. The van der Waals surface area contributed by atoms with Crippen LogP contribution in [0.2, 0.25) is 0 Å². The fourth-order valence-corrected chi connectivity index (χ4v) is 2.28. The van der Waals surface area contributed by atoms with Gasteiger partial charge in [0.1, 0.15) is 12.4 Å². The molecule has 2 aromatic rings. The maximum Gasteiger partial charge on any atom is 0.122 e. The first-order valence-electron chi connectivity index (χ1n) is 6.75. The van der Waals surface area contributed by atoms with Crippen LogP contribution in [0.25, 0.3) is 0 Å². The van der Waals surface area contributed by atoms with Gasteiger partial charge in [-0.25, -0.2) is 0 Å². The lowest BCUT2D eigenvalue weighted by atomic mass is 10.1. The zero-order valence-corrected chi connectivity index (χ0v) is 13.7. The molecule has 0 heterocycles. The van der Waals surface area contributed by atoms with E-state index in [1.54, 1.807) is 0 Å². The van der Waals surface area contributed by atoms with E-state index in [4.69, 9.17) is 4.74 Å². The largest absolute Gasteiger partial charge is 0.489 e. The van der Waals surface area contributed by atoms with Crippen LogP contribution in [-0.2, 0) is 6.61 Å². The minimum atomic E-state index is 0.356. The van der Waals surface area contributed by atoms with E-state index >= 15 is 0 Å². The van der Waals surface area contributed by atoms with Crippen molar-refractivity contribution < 1.29 is 4.74 Å². The lowest BCUT2D eigenvalue weighted by molar-refractivity contribution is 0.304. The van der Waals surface area contributed by atoms with E-state index in [0.717, 1.165) is 10.2 Å². The third-order valence-corrected chi connectivity index (χ3v) is 3.97. The Morgan fingerprint density at radius 2 is 1.85 bits per heavy atom. The van der Waals surface area contributed by atoms with Gasteiger partial charge in [-0.05, 0) is 55.8 Å². The monoisotopic (exact) mass is 333 g/mol. The Morgan fingerprint density at radius 1 is 1.15 bits per heavy atom. The topological polar surface area (TPSA) is 21.3 Å². The summed E-state index contributed by atoms with van der Waals surface area (Å²) in [5.74, 6) is 0.944. The maximum absolute atomic E-state index is 5.90. The van der Waals surface area contributed by atoms with E-state index in [1.165, 1.54) is 16.7 Å². The van der Waals surface area contributed by atoms with Gasteiger partial charge in [0.05, 0.1) is 0 Å². The molecule has 0 amide bonds. The highest BCUT2D eigenvalue weighted by molar-refractivity contribution is 9.10. The second-order valence-electron chi connectivity index (χ2n) is 4.95. The molecule has 0 aliphatic rings. The Balaban J connectivity index is 2.04. The third-order valence-electron chi connectivity index (χ3n) is 3.44. The highest BCUT2D eigenvalue weighted by atomic mass is 79.9. The van der Waals surface area contributed by atoms with Crippen LogP contribution in [0, 0.1) is 6.92 Å². The van der Waals surface area contributed by atoms with Crippen molar-refractivity contribution in [3.63, 3.8) is 0 Å². The minimum absolute atomic E-state index is 0.356. The van der Waals surface area contributed by atoms with Gasteiger partial charge in [-0.1, -0.05) is 40.2 Å². The van der Waals surface area contributed by atoms with Crippen LogP contribution in [0.5, 0.6) is 5.75 Å². The number of aryl methyl sites for hydroxylation is 1. The third kappa shape index (κ3) is 3.84. The second kappa shape index (κ2) is 6.91. The van der Waals surface area contributed by atoms with Crippen LogP contribution in [0.4, 0.5) is 0 Å². The molecule has 2 nitrogen and oxygen atoms in total. The summed E-state index contributed by atoms with van der Waals surface area (Å²) in [6.07, 6.45) is 0. The van der Waals surface area contributed by atoms with E-state index in [2.05, 4.69) is 65.4 Å². The van der Waals surface area contributed by atoms with Crippen molar-refractivity contribution in [3.8, 4) is 5.75 Å². The standard InChI is InChI=1S/C17H20BrNO/c1-12-10-15(13(2)19-3)6-9-17(12)20-11-14-4-7-16(18)8-5-14/h4-10,13,19H,11H2,1-3H3. The van der Waals surface area contributed by atoms with E-state index in [9.17, 15) is 0 Å². The van der Waals surface area contributed by atoms with E-state index in [1.807, 2.05) is 19.2 Å². The van der Waals surface area contributed by atoms with Gasteiger partial charge >= 0.3 is 0 Å². The molecule has 1 atom stereocenters. The summed E-state index contributed by atoms with van der Waals surface area (Å²) in [4.78, 5) is 0. The van der Waals surface area contributed by atoms with E-state index in [-0.39, 0.29) is 0 Å². The number of ether oxygens (including phenoxy) is 1. The zero-order chi connectivity index (χ0) is 14.5. The predicted octanol–water partition coefficient (Wildman–Crippen LogP) is 4.62. The molecule has 0 bridgehead atoms. The van der Waals surface area contributed by atoms with E-state index in [0.29, 0.717) is 12.6 Å². The molecule has 1 unspecified atom stereocenters. The van der Waals surface area contributed by atoms with Crippen LogP contribution in [0.1, 0.15) is 29.7 Å². The fraction of sp³-hybridized carbons (Fsp3) is 0.294. The number of rotatable bonds is 5. The van der Waals surface area contributed by atoms with Gasteiger partial charge in [-0.3, -0.25) is 0 Å². The van der Waals surface area contributed by atoms with Crippen LogP contribution < -0.4 is 10.1 Å². The van der Waals surface area contributed by atoms with Gasteiger partial charge in [0, 0.05) is 10.5 Å². The Morgan fingerprint density at radius 3 is 2.45 bits per heavy atom. The number of hydrogen-bond acceptors (Lipinski definition) is 2. The van der Waals surface area contributed by atoms with Crippen LogP contribution in [-0.4, -0.2) is 7.05 Å². The first-order valence-corrected chi connectivity index (χ1v) is 7.54. The number of benzene rings is 2. The molecule has 0 aliphatic heterocycles. The SMILES string of the molecule is CNC(C)c1ccc(OCc2ccc(Br)cc2)c(C)c1. The summed E-state index contributed by atoms with van der Waals surface area (Å²) in [6, 6.07) is 14.9. The summed E-state index contributed by atoms with van der Waals surface area (Å²) < 4.78 is 6.98. The fourth-order valence-electron chi connectivity index (χ4n) is 2.01. The highest BCUT2D eigenvalue weighted by Crippen LogP contribution is 2.23. The summed E-state index contributed by atoms with van der Waals surface area (Å²) in [6.45, 7) is 4.83. The van der Waals surface area contributed by atoms with Gasteiger partial charge in [0.15, 0.2) is 0 Å². The Hall–Kier alpha value is -1.32.